The molecule has 7 heteroatoms. The molecule has 1 aromatic heterocycles. The largest absolute Gasteiger partial charge is 0.469 e. The van der Waals surface area contributed by atoms with E-state index in [2.05, 4.69) is 9.88 Å². The number of hydrogen-bond acceptors (Lipinski definition) is 6. The van der Waals surface area contributed by atoms with Crippen LogP contribution in [-0.4, -0.2) is 46.6 Å². The van der Waals surface area contributed by atoms with Crippen molar-refractivity contribution < 1.29 is 19.1 Å². The lowest BCUT2D eigenvalue weighted by atomic mass is 9.85. The van der Waals surface area contributed by atoms with Gasteiger partial charge in [-0.1, -0.05) is 17.7 Å². The van der Waals surface area contributed by atoms with Gasteiger partial charge in [-0.05, 0) is 58.6 Å². The number of nitrogens with zero attached hydrogens (tertiary/aromatic N) is 2. The highest BCUT2D eigenvalue weighted by atomic mass is 35.5. The Morgan fingerprint density at radius 1 is 1.41 bits per heavy atom. The van der Waals surface area contributed by atoms with Crippen molar-refractivity contribution in [2.45, 2.75) is 63.6 Å². The number of ether oxygens (including phenoxy) is 2. The Labute approximate surface area is 165 Å². The average Bonchev–Trinajstić information content (AvgIpc) is 3.11. The third-order valence-electron chi connectivity index (χ3n) is 5.46. The van der Waals surface area contributed by atoms with Crippen molar-refractivity contribution in [2.24, 2.45) is 5.92 Å². The van der Waals surface area contributed by atoms with E-state index >= 15 is 0 Å². The van der Waals surface area contributed by atoms with Gasteiger partial charge in [0.05, 0.1) is 13.5 Å². The molecule has 0 bridgehead atoms. The minimum Gasteiger partial charge on any atom is -0.469 e. The predicted molar refractivity (Wildman–Crippen MR) is 101 cm³/mol. The van der Waals surface area contributed by atoms with Crippen LogP contribution in [0, 0.1) is 5.92 Å². The molecule has 6 nitrogen and oxygen atoms in total. The van der Waals surface area contributed by atoms with E-state index in [1.165, 1.54) is 7.11 Å². The fourth-order valence-corrected chi connectivity index (χ4v) is 4.75. The lowest BCUT2D eigenvalue weighted by Gasteiger charge is -2.35. The molecule has 27 heavy (non-hydrogen) atoms. The molecule has 2 aliphatic rings. The molecule has 1 unspecified atom stereocenters. The van der Waals surface area contributed by atoms with Crippen molar-refractivity contribution in [3.63, 3.8) is 0 Å². The summed E-state index contributed by atoms with van der Waals surface area (Å²) in [6.07, 6.45) is 4.04. The van der Waals surface area contributed by atoms with Crippen LogP contribution < -0.4 is 0 Å². The van der Waals surface area contributed by atoms with Crippen LogP contribution in [0.2, 0.25) is 5.15 Å². The second-order valence-electron chi connectivity index (χ2n) is 8.40. The number of hydrogen-bond donors (Lipinski definition) is 0. The third-order valence-corrected chi connectivity index (χ3v) is 5.78. The smallest absolute Gasteiger partial charge is 0.327 e. The Kier molecular flexibility index (Phi) is 5.50. The van der Waals surface area contributed by atoms with Crippen molar-refractivity contribution >= 4 is 23.5 Å². The Morgan fingerprint density at radius 2 is 2.15 bits per heavy atom. The zero-order valence-electron chi connectivity index (χ0n) is 16.3. The van der Waals surface area contributed by atoms with E-state index in [0.717, 1.165) is 18.5 Å². The second-order valence-corrected chi connectivity index (χ2v) is 8.76. The zero-order valence-corrected chi connectivity index (χ0v) is 17.1. The summed E-state index contributed by atoms with van der Waals surface area (Å²) in [4.78, 5) is 31.6. The molecule has 2 saturated heterocycles. The molecule has 3 heterocycles. The molecule has 0 saturated carbocycles. The van der Waals surface area contributed by atoms with Gasteiger partial charge < -0.3 is 9.47 Å². The molecule has 148 valence electrons. The van der Waals surface area contributed by atoms with Crippen LogP contribution in [0.3, 0.4) is 0 Å². The molecule has 0 aliphatic carbocycles. The lowest BCUT2D eigenvalue weighted by molar-refractivity contribution is -0.167. The molecule has 0 aromatic carbocycles. The van der Waals surface area contributed by atoms with Crippen molar-refractivity contribution in [1.29, 1.82) is 0 Å². The summed E-state index contributed by atoms with van der Waals surface area (Å²) in [7, 11) is 1.38. The summed E-state index contributed by atoms with van der Waals surface area (Å²) in [6.45, 7) is 6.37. The molecule has 0 amide bonds. The van der Waals surface area contributed by atoms with Gasteiger partial charge in [0.2, 0.25) is 0 Å². The minimum atomic E-state index is -0.726. The van der Waals surface area contributed by atoms with Crippen molar-refractivity contribution in [2.75, 3.05) is 13.7 Å². The maximum absolute atomic E-state index is 13.2. The predicted octanol–water partition coefficient (Wildman–Crippen LogP) is 3.54. The van der Waals surface area contributed by atoms with Crippen molar-refractivity contribution in [3.05, 3.63) is 29.0 Å². The molecule has 3 atom stereocenters. The first-order valence-corrected chi connectivity index (χ1v) is 9.73. The zero-order chi connectivity index (χ0) is 19.8. The van der Waals surface area contributed by atoms with E-state index in [9.17, 15) is 9.59 Å². The van der Waals surface area contributed by atoms with E-state index in [1.807, 2.05) is 32.9 Å². The fraction of sp³-hybridized carbons (Fsp3) is 0.650. The van der Waals surface area contributed by atoms with E-state index < -0.39 is 11.1 Å². The number of fused-ring (bicyclic) bond motifs is 1. The van der Waals surface area contributed by atoms with Crippen LogP contribution in [0.15, 0.2) is 18.3 Å². The summed E-state index contributed by atoms with van der Waals surface area (Å²) in [5, 5.41) is 0.407. The molecule has 2 aliphatic heterocycles. The summed E-state index contributed by atoms with van der Waals surface area (Å²) < 4.78 is 10.7. The van der Waals surface area contributed by atoms with Gasteiger partial charge in [-0.25, -0.2) is 4.98 Å². The van der Waals surface area contributed by atoms with Crippen LogP contribution in [-0.2, 0) is 19.1 Å². The number of methoxy groups -OCH3 is 1. The first-order valence-electron chi connectivity index (χ1n) is 9.35. The molecule has 3 rings (SSSR count). The van der Waals surface area contributed by atoms with Gasteiger partial charge in [0, 0.05) is 17.8 Å². The standard InChI is InChI=1S/C20H27ClN2O4/c1-19(2,3)27-18(25)20-8-6-10-23(20)16(13(12-20)11-15(24)26-4)14-7-5-9-22-17(14)21/h5,7,9,13,16H,6,8,10-12H2,1-4H3/t13?,16-,20-/m1/s1. The maximum atomic E-state index is 13.2. The number of pyridine rings is 1. The van der Waals surface area contributed by atoms with Crippen LogP contribution in [0.1, 0.15) is 58.1 Å². The van der Waals surface area contributed by atoms with E-state index in [0.29, 0.717) is 18.0 Å². The minimum absolute atomic E-state index is 0.0908. The SMILES string of the molecule is COC(=O)CC1C[C@@]2(C(=O)OC(C)(C)C)CCCN2[C@H]1c1cccnc1Cl. The fourth-order valence-electron chi connectivity index (χ4n) is 4.52. The quantitative estimate of drug-likeness (QED) is 0.574. The number of esters is 2. The molecular formula is C20H27ClN2O4. The van der Waals surface area contributed by atoms with Crippen LogP contribution in [0.25, 0.3) is 0 Å². The summed E-state index contributed by atoms with van der Waals surface area (Å²) in [5.74, 6) is -0.595. The summed E-state index contributed by atoms with van der Waals surface area (Å²) in [6, 6.07) is 3.59. The van der Waals surface area contributed by atoms with E-state index in [-0.39, 0.29) is 30.3 Å². The first-order chi connectivity index (χ1) is 12.7. The Bertz CT molecular complexity index is 733. The Balaban J connectivity index is 2.01. The van der Waals surface area contributed by atoms with Crippen LogP contribution in [0.4, 0.5) is 0 Å². The van der Waals surface area contributed by atoms with Crippen LogP contribution in [0.5, 0.6) is 0 Å². The Hall–Kier alpha value is -1.66. The van der Waals surface area contributed by atoms with Gasteiger partial charge in [-0.15, -0.1) is 0 Å². The number of halogens is 1. The molecule has 1 aromatic rings. The van der Waals surface area contributed by atoms with Crippen molar-refractivity contribution in [1.82, 2.24) is 9.88 Å². The monoisotopic (exact) mass is 394 g/mol. The number of carbonyl (C=O) groups excluding carboxylic acids is 2. The van der Waals surface area contributed by atoms with E-state index in [1.54, 1.807) is 6.20 Å². The highest BCUT2D eigenvalue weighted by molar-refractivity contribution is 6.30. The molecular weight excluding hydrogens is 368 g/mol. The van der Waals surface area contributed by atoms with Crippen LogP contribution >= 0.6 is 11.6 Å². The molecule has 2 fully saturated rings. The van der Waals surface area contributed by atoms with E-state index in [4.69, 9.17) is 21.1 Å². The number of rotatable bonds is 4. The molecule has 0 spiro atoms. The second kappa shape index (κ2) is 7.40. The molecule has 0 radical (unpaired) electrons. The normalized spacial score (nSPS) is 28.0. The highest BCUT2D eigenvalue weighted by Crippen LogP contribution is 2.54. The Morgan fingerprint density at radius 3 is 2.78 bits per heavy atom. The number of carbonyl (C=O) groups is 2. The van der Waals surface area contributed by atoms with Crippen molar-refractivity contribution in [3.8, 4) is 0 Å². The van der Waals surface area contributed by atoms with Gasteiger partial charge in [-0.2, -0.15) is 0 Å². The van der Waals surface area contributed by atoms with Gasteiger partial charge in [0.25, 0.3) is 0 Å². The third kappa shape index (κ3) is 3.83. The van der Waals surface area contributed by atoms with Gasteiger partial charge in [-0.3, -0.25) is 14.5 Å². The highest BCUT2D eigenvalue weighted by Gasteiger charge is 2.60. The number of aromatic nitrogens is 1. The van der Waals surface area contributed by atoms with Gasteiger partial charge in [0.1, 0.15) is 16.3 Å². The topological polar surface area (TPSA) is 68.7 Å². The molecule has 0 N–H and O–H groups in total. The average molecular weight is 395 g/mol. The lowest BCUT2D eigenvalue weighted by Crippen LogP contribution is -2.49. The summed E-state index contributed by atoms with van der Waals surface area (Å²) >= 11 is 6.39. The van der Waals surface area contributed by atoms with Gasteiger partial charge >= 0.3 is 11.9 Å². The maximum Gasteiger partial charge on any atom is 0.327 e. The summed E-state index contributed by atoms with van der Waals surface area (Å²) in [5.41, 5.74) is -0.446. The van der Waals surface area contributed by atoms with Gasteiger partial charge in [0.15, 0.2) is 0 Å². The first kappa shape index (κ1) is 20.1.